The van der Waals surface area contributed by atoms with Gasteiger partial charge in [-0.1, -0.05) is 15.9 Å². The van der Waals surface area contributed by atoms with Gasteiger partial charge in [0.05, 0.1) is 0 Å². The molecule has 1 spiro atoms. The number of hydrogen-bond donors (Lipinski definition) is 2. The number of ether oxygens (including phenoxy) is 1. The van der Waals surface area contributed by atoms with Crippen molar-refractivity contribution in [3.05, 3.63) is 46.3 Å². The van der Waals surface area contributed by atoms with Crippen LogP contribution in [-0.2, 0) is 9.57 Å². The van der Waals surface area contributed by atoms with E-state index in [9.17, 15) is 9.59 Å². The van der Waals surface area contributed by atoms with E-state index in [2.05, 4.69) is 26.1 Å². The molecule has 2 aliphatic rings. The fourth-order valence-corrected chi connectivity index (χ4v) is 2.97. The number of halogens is 1. The molecule has 7 nitrogen and oxygen atoms in total. The van der Waals surface area contributed by atoms with Gasteiger partial charge in [0, 0.05) is 42.0 Å². The highest BCUT2D eigenvalue weighted by molar-refractivity contribution is 9.10. The first kappa shape index (κ1) is 15.8. The molecule has 1 fully saturated rings. The second kappa shape index (κ2) is 6.21. The summed E-state index contributed by atoms with van der Waals surface area (Å²) >= 11 is 3.35. The molecule has 0 aromatic heterocycles. The molecule has 8 heteroatoms. The number of carbonyl (C=O) groups is 2. The average molecular weight is 383 g/mol. The molecule has 0 aliphatic carbocycles. The number of carboxylic acid groups (broad SMARTS) is 1. The number of benzene rings is 1. The van der Waals surface area contributed by atoms with E-state index >= 15 is 0 Å². The van der Waals surface area contributed by atoms with Gasteiger partial charge >= 0.3 is 6.16 Å². The Hall–Kier alpha value is -2.06. The summed E-state index contributed by atoms with van der Waals surface area (Å²) in [5.74, 6) is 0.0504. The van der Waals surface area contributed by atoms with Crippen LogP contribution >= 0.6 is 15.9 Å². The fourth-order valence-electron chi connectivity index (χ4n) is 2.70. The molecule has 0 bridgehead atoms. The number of carbonyl (C=O) groups excluding carboxylic acids is 1. The largest absolute Gasteiger partial charge is 0.512 e. The molecule has 2 N–H and O–H groups in total. The minimum absolute atomic E-state index is 0.0238. The SMILES string of the molecule is O=C(O)OC1=CC2(CCN(C(=O)c3ccc(Br)cc3)CC2)ON1. The Kier molecular flexibility index (Phi) is 4.27. The lowest BCUT2D eigenvalue weighted by molar-refractivity contribution is -0.0780. The van der Waals surface area contributed by atoms with E-state index in [4.69, 9.17) is 9.94 Å². The normalized spacial score (nSPS) is 19.2. The molecule has 2 heterocycles. The molecule has 1 saturated heterocycles. The molecular weight excluding hydrogens is 368 g/mol. The van der Waals surface area contributed by atoms with Gasteiger partial charge in [-0.25, -0.2) is 10.3 Å². The van der Waals surface area contributed by atoms with E-state index in [1.54, 1.807) is 23.1 Å². The Balaban J connectivity index is 1.62. The average Bonchev–Trinajstić information content (AvgIpc) is 2.90. The van der Waals surface area contributed by atoms with E-state index in [0.29, 0.717) is 31.5 Å². The van der Waals surface area contributed by atoms with Crippen LogP contribution in [0, 0.1) is 0 Å². The first-order chi connectivity index (χ1) is 11.0. The highest BCUT2D eigenvalue weighted by Crippen LogP contribution is 2.32. The van der Waals surface area contributed by atoms with Gasteiger partial charge in [0.15, 0.2) is 0 Å². The minimum Gasteiger partial charge on any atom is -0.449 e. The van der Waals surface area contributed by atoms with E-state index in [-0.39, 0.29) is 11.8 Å². The maximum Gasteiger partial charge on any atom is 0.512 e. The van der Waals surface area contributed by atoms with Gasteiger partial charge in [-0.3, -0.25) is 9.63 Å². The van der Waals surface area contributed by atoms with Crippen molar-refractivity contribution in [2.75, 3.05) is 13.1 Å². The summed E-state index contributed by atoms with van der Waals surface area (Å²) in [4.78, 5) is 30.2. The third kappa shape index (κ3) is 3.48. The second-order valence-corrected chi connectivity index (χ2v) is 6.36. The topological polar surface area (TPSA) is 88.1 Å². The molecule has 0 atom stereocenters. The van der Waals surface area contributed by atoms with Gasteiger partial charge in [-0.05, 0) is 24.3 Å². The standard InChI is InChI=1S/C15H15BrN2O5/c16-11-3-1-10(2-4-11)13(19)18-7-5-15(6-8-18)9-12(17-23-15)22-14(20)21/h1-4,9,17H,5-8H2,(H,20,21). The molecular formula is C15H15BrN2O5. The maximum absolute atomic E-state index is 12.5. The van der Waals surface area contributed by atoms with Gasteiger partial charge in [0.25, 0.3) is 5.91 Å². The Morgan fingerprint density at radius 1 is 1.26 bits per heavy atom. The van der Waals surface area contributed by atoms with E-state index in [0.717, 1.165) is 4.47 Å². The molecule has 3 rings (SSSR count). The van der Waals surface area contributed by atoms with Crippen LogP contribution in [0.3, 0.4) is 0 Å². The zero-order valence-corrected chi connectivity index (χ0v) is 13.7. The van der Waals surface area contributed by atoms with Gasteiger partial charge < -0.3 is 14.7 Å². The molecule has 23 heavy (non-hydrogen) atoms. The summed E-state index contributed by atoms with van der Waals surface area (Å²) in [6, 6.07) is 7.23. The third-order valence-corrected chi connectivity index (χ3v) is 4.46. The number of nitrogens with one attached hydrogen (secondary N) is 1. The van der Waals surface area contributed by atoms with Crippen LogP contribution in [0.15, 0.2) is 40.7 Å². The van der Waals surface area contributed by atoms with Crippen LogP contribution in [0.5, 0.6) is 0 Å². The van der Waals surface area contributed by atoms with E-state index in [1.165, 1.54) is 0 Å². The number of likely N-dealkylation sites (tertiary alicyclic amines) is 1. The van der Waals surface area contributed by atoms with Crippen molar-refractivity contribution >= 4 is 28.0 Å². The first-order valence-corrected chi connectivity index (χ1v) is 7.89. The fraction of sp³-hybridized carbons (Fsp3) is 0.333. The number of nitrogens with zero attached hydrogens (tertiary/aromatic N) is 1. The number of rotatable bonds is 2. The second-order valence-electron chi connectivity index (χ2n) is 5.44. The number of hydrogen-bond acceptors (Lipinski definition) is 5. The molecule has 0 saturated carbocycles. The summed E-state index contributed by atoms with van der Waals surface area (Å²) in [5, 5.41) is 8.61. The summed E-state index contributed by atoms with van der Waals surface area (Å²) in [6.45, 7) is 1.04. The Morgan fingerprint density at radius 2 is 1.91 bits per heavy atom. The molecule has 1 aromatic rings. The van der Waals surface area contributed by atoms with Crippen molar-refractivity contribution in [3.8, 4) is 0 Å². The van der Waals surface area contributed by atoms with Crippen molar-refractivity contribution < 1.29 is 24.3 Å². The molecule has 1 aromatic carbocycles. The van der Waals surface area contributed by atoms with Crippen molar-refractivity contribution in [3.63, 3.8) is 0 Å². The van der Waals surface area contributed by atoms with Crippen molar-refractivity contribution in [2.45, 2.75) is 18.4 Å². The minimum atomic E-state index is -1.40. The molecule has 0 radical (unpaired) electrons. The monoisotopic (exact) mass is 382 g/mol. The predicted molar refractivity (Wildman–Crippen MR) is 83.4 cm³/mol. The van der Waals surface area contributed by atoms with Crippen LogP contribution < -0.4 is 5.48 Å². The summed E-state index contributed by atoms with van der Waals surface area (Å²) in [6.07, 6.45) is 1.36. The van der Waals surface area contributed by atoms with Crippen molar-refractivity contribution in [2.24, 2.45) is 0 Å². The van der Waals surface area contributed by atoms with Crippen molar-refractivity contribution in [1.82, 2.24) is 10.4 Å². The Bertz CT molecular complexity index is 650. The molecule has 2 aliphatic heterocycles. The Morgan fingerprint density at radius 3 is 2.52 bits per heavy atom. The van der Waals surface area contributed by atoms with Crippen molar-refractivity contribution in [1.29, 1.82) is 0 Å². The van der Waals surface area contributed by atoms with Crippen LogP contribution in [0.4, 0.5) is 4.79 Å². The quantitative estimate of drug-likeness (QED) is 0.763. The van der Waals surface area contributed by atoms with E-state index < -0.39 is 11.8 Å². The van der Waals surface area contributed by atoms with Gasteiger partial charge in [-0.2, -0.15) is 0 Å². The number of amides is 1. The van der Waals surface area contributed by atoms with Crippen LogP contribution in [0.25, 0.3) is 0 Å². The zero-order chi connectivity index (χ0) is 16.4. The summed E-state index contributed by atoms with van der Waals surface area (Å²) < 4.78 is 5.47. The Labute approximate surface area is 140 Å². The molecule has 1 amide bonds. The zero-order valence-electron chi connectivity index (χ0n) is 12.1. The maximum atomic E-state index is 12.5. The van der Waals surface area contributed by atoms with Gasteiger partial charge in [0.1, 0.15) is 5.60 Å². The van der Waals surface area contributed by atoms with Crippen LogP contribution in [0.2, 0.25) is 0 Å². The number of hydroxylamine groups is 1. The van der Waals surface area contributed by atoms with Gasteiger partial charge in [-0.15, -0.1) is 0 Å². The smallest absolute Gasteiger partial charge is 0.449 e. The first-order valence-electron chi connectivity index (χ1n) is 7.10. The number of piperidine rings is 1. The molecule has 0 unspecified atom stereocenters. The summed E-state index contributed by atoms with van der Waals surface area (Å²) in [5.41, 5.74) is 2.50. The van der Waals surface area contributed by atoms with Crippen LogP contribution in [0.1, 0.15) is 23.2 Å². The highest BCUT2D eigenvalue weighted by Gasteiger charge is 2.40. The highest BCUT2D eigenvalue weighted by atomic mass is 79.9. The van der Waals surface area contributed by atoms with Gasteiger partial charge in [0.2, 0.25) is 5.88 Å². The lowest BCUT2D eigenvalue weighted by Gasteiger charge is -2.36. The predicted octanol–water partition coefficient (Wildman–Crippen LogP) is 2.49. The summed E-state index contributed by atoms with van der Waals surface area (Å²) in [7, 11) is 0. The lowest BCUT2D eigenvalue weighted by atomic mass is 9.91. The van der Waals surface area contributed by atoms with E-state index in [1.807, 2.05) is 12.1 Å². The lowest BCUT2D eigenvalue weighted by Crippen LogP contribution is -2.46. The third-order valence-electron chi connectivity index (χ3n) is 3.93. The van der Waals surface area contributed by atoms with Crippen LogP contribution in [-0.4, -0.2) is 40.8 Å². The molecule has 122 valence electrons.